The summed E-state index contributed by atoms with van der Waals surface area (Å²) in [4.78, 5) is 7.24. The van der Waals surface area contributed by atoms with Crippen LogP contribution in [0.4, 0.5) is 5.69 Å². The van der Waals surface area contributed by atoms with Crippen LogP contribution in [0.15, 0.2) is 42.5 Å². The lowest BCUT2D eigenvalue weighted by atomic mass is 10.1. The van der Waals surface area contributed by atoms with Crippen LogP contribution in [0.2, 0.25) is 0 Å². The summed E-state index contributed by atoms with van der Waals surface area (Å²) < 4.78 is 0. The molecule has 0 saturated heterocycles. The molecule has 0 bridgehead atoms. The lowest BCUT2D eigenvalue weighted by Gasteiger charge is -2.24. The summed E-state index contributed by atoms with van der Waals surface area (Å²) in [5.41, 5.74) is 5.12. The number of rotatable bonds is 4. The second-order valence-corrected chi connectivity index (χ2v) is 5.66. The Morgan fingerprint density at radius 3 is 2.81 bits per heavy atom. The average Bonchev–Trinajstić information content (AvgIpc) is 2.71. The first-order valence-electron chi connectivity index (χ1n) is 7.79. The molecule has 110 valence electrons. The third kappa shape index (κ3) is 3.42. The van der Waals surface area contributed by atoms with E-state index in [-0.39, 0.29) is 0 Å². The molecular formula is C18H23N3. The molecule has 3 nitrogen and oxygen atoms in total. The predicted octanol–water partition coefficient (Wildman–Crippen LogP) is 3.14. The number of fused-ring (bicyclic) bond motifs is 1. The molecule has 0 unspecified atom stereocenters. The number of anilines is 1. The molecule has 0 atom stereocenters. The van der Waals surface area contributed by atoms with Gasteiger partial charge < -0.3 is 10.2 Å². The van der Waals surface area contributed by atoms with Crippen molar-refractivity contribution in [1.82, 2.24) is 10.3 Å². The summed E-state index contributed by atoms with van der Waals surface area (Å²) in [7, 11) is 1.96. The number of para-hydroxylation sites is 1. The van der Waals surface area contributed by atoms with E-state index in [1.54, 1.807) is 0 Å². The fraction of sp³-hybridized carbons (Fsp3) is 0.389. The van der Waals surface area contributed by atoms with E-state index in [2.05, 4.69) is 52.7 Å². The lowest BCUT2D eigenvalue weighted by molar-refractivity contribution is 0.703. The molecule has 0 aliphatic carbocycles. The fourth-order valence-corrected chi connectivity index (χ4v) is 3.03. The van der Waals surface area contributed by atoms with E-state index in [0.717, 1.165) is 31.0 Å². The highest BCUT2D eigenvalue weighted by Crippen LogP contribution is 2.27. The number of nitrogens with zero attached hydrogens (tertiary/aromatic N) is 2. The third-order valence-corrected chi connectivity index (χ3v) is 4.03. The second kappa shape index (κ2) is 6.72. The van der Waals surface area contributed by atoms with Crippen LogP contribution >= 0.6 is 0 Å². The maximum atomic E-state index is 4.76. The van der Waals surface area contributed by atoms with Gasteiger partial charge in [-0.3, -0.25) is 4.98 Å². The Hall–Kier alpha value is -1.87. The minimum atomic E-state index is 0.824. The molecule has 1 aromatic heterocycles. The van der Waals surface area contributed by atoms with Gasteiger partial charge in [0.2, 0.25) is 0 Å². The zero-order chi connectivity index (χ0) is 14.5. The molecule has 3 rings (SSSR count). The Morgan fingerprint density at radius 2 is 1.90 bits per heavy atom. The van der Waals surface area contributed by atoms with Crippen molar-refractivity contribution in [3.63, 3.8) is 0 Å². The van der Waals surface area contributed by atoms with Crippen LogP contribution < -0.4 is 10.2 Å². The molecular weight excluding hydrogens is 258 g/mol. The minimum absolute atomic E-state index is 0.824. The maximum absolute atomic E-state index is 4.76. The SMILES string of the molecule is CNCc1cccc(CN2CCCCc3ccccc32)n1. The van der Waals surface area contributed by atoms with Crippen molar-refractivity contribution in [3.8, 4) is 0 Å². The first-order chi connectivity index (χ1) is 10.4. The molecule has 1 aliphatic heterocycles. The molecule has 0 saturated carbocycles. The maximum Gasteiger partial charge on any atom is 0.0602 e. The van der Waals surface area contributed by atoms with Crippen LogP contribution in [0.3, 0.4) is 0 Å². The number of aromatic nitrogens is 1. The molecule has 1 N–H and O–H groups in total. The Bertz CT molecular complexity index is 595. The Morgan fingerprint density at radius 1 is 1.05 bits per heavy atom. The van der Waals surface area contributed by atoms with Crippen LogP contribution in [-0.4, -0.2) is 18.6 Å². The standard InChI is InChI=1S/C18H23N3/c1-19-13-16-9-6-10-17(20-16)14-21-12-5-4-8-15-7-2-3-11-18(15)21/h2-3,6-7,9-11,19H,4-5,8,12-14H2,1H3. The lowest BCUT2D eigenvalue weighted by Crippen LogP contribution is -2.24. The molecule has 1 aromatic carbocycles. The molecule has 0 spiro atoms. The first-order valence-corrected chi connectivity index (χ1v) is 7.79. The van der Waals surface area contributed by atoms with Crippen molar-refractivity contribution in [2.24, 2.45) is 0 Å². The predicted molar refractivity (Wildman–Crippen MR) is 87.4 cm³/mol. The van der Waals surface area contributed by atoms with Gasteiger partial charge >= 0.3 is 0 Å². The summed E-state index contributed by atoms with van der Waals surface area (Å²) in [6.45, 7) is 2.84. The van der Waals surface area contributed by atoms with Gasteiger partial charge in [-0.05, 0) is 50.1 Å². The molecule has 1 aliphatic rings. The fourth-order valence-electron chi connectivity index (χ4n) is 3.03. The number of hydrogen-bond acceptors (Lipinski definition) is 3. The van der Waals surface area contributed by atoms with Gasteiger partial charge in [-0.1, -0.05) is 24.3 Å². The number of hydrogen-bond donors (Lipinski definition) is 1. The van der Waals surface area contributed by atoms with Crippen LogP contribution in [0, 0.1) is 0 Å². The van der Waals surface area contributed by atoms with Crippen molar-refractivity contribution in [2.75, 3.05) is 18.5 Å². The van der Waals surface area contributed by atoms with Crippen LogP contribution in [0.5, 0.6) is 0 Å². The van der Waals surface area contributed by atoms with Crippen LogP contribution in [0.1, 0.15) is 29.8 Å². The van der Waals surface area contributed by atoms with Gasteiger partial charge in [0.15, 0.2) is 0 Å². The van der Waals surface area contributed by atoms with E-state index >= 15 is 0 Å². The van der Waals surface area contributed by atoms with Gasteiger partial charge in [0.25, 0.3) is 0 Å². The normalized spacial score (nSPS) is 14.6. The average molecular weight is 281 g/mol. The van der Waals surface area contributed by atoms with Gasteiger partial charge in [0.05, 0.1) is 17.9 Å². The number of benzene rings is 1. The van der Waals surface area contributed by atoms with Crippen molar-refractivity contribution < 1.29 is 0 Å². The number of aryl methyl sites for hydroxylation is 1. The van der Waals surface area contributed by atoms with Crippen molar-refractivity contribution in [3.05, 3.63) is 59.4 Å². The Labute approximate surface area is 127 Å². The first kappa shape index (κ1) is 14.1. The Kier molecular flexibility index (Phi) is 4.51. The van der Waals surface area contributed by atoms with Gasteiger partial charge in [0, 0.05) is 18.8 Å². The van der Waals surface area contributed by atoms with Gasteiger partial charge in [0.1, 0.15) is 0 Å². The van der Waals surface area contributed by atoms with E-state index in [4.69, 9.17) is 4.98 Å². The zero-order valence-electron chi connectivity index (χ0n) is 12.7. The molecule has 0 radical (unpaired) electrons. The zero-order valence-corrected chi connectivity index (χ0v) is 12.7. The molecule has 21 heavy (non-hydrogen) atoms. The van der Waals surface area contributed by atoms with Gasteiger partial charge in [-0.15, -0.1) is 0 Å². The van der Waals surface area contributed by atoms with Crippen molar-refractivity contribution in [1.29, 1.82) is 0 Å². The van der Waals surface area contributed by atoms with Crippen LogP contribution in [0.25, 0.3) is 0 Å². The van der Waals surface area contributed by atoms with Crippen molar-refractivity contribution in [2.45, 2.75) is 32.4 Å². The second-order valence-electron chi connectivity index (χ2n) is 5.66. The van der Waals surface area contributed by atoms with E-state index in [1.807, 2.05) is 7.05 Å². The summed E-state index contributed by atoms with van der Waals surface area (Å²) in [6, 6.07) is 15.1. The largest absolute Gasteiger partial charge is 0.365 e. The van der Waals surface area contributed by atoms with E-state index in [1.165, 1.54) is 30.5 Å². The monoisotopic (exact) mass is 281 g/mol. The Balaban J connectivity index is 1.82. The molecule has 2 aromatic rings. The minimum Gasteiger partial charge on any atom is -0.365 e. The van der Waals surface area contributed by atoms with Gasteiger partial charge in [-0.25, -0.2) is 0 Å². The summed E-state index contributed by atoms with van der Waals surface area (Å²) in [5, 5.41) is 3.16. The third-order valence-electron chi connectivity index (χ3n) is 4.03. The number of pyridine rings is 1. The highest BCUT2D eigenvalue weighted by molar-refractivity contribution is 5.54. The quantitative estimate of drug-likeness (QED) is 0.933. The summed E-state index contributed by atoms with van der Waals surface area (Å²) in [5.74, 6) is 0. The highest BCUT2D eigenvalue weighted by atomic mass is 15.1. The highest BCUT2D eigenvalue weighted by Gasteiger charge is 2.15. The van der Waals surface area contributed by atoms with Crippen molar-refractivity contribution >= 4 is 5.69 Å². The smallest absolute Gasteiger partial charge is 0.0602 e. The van der Waals surface area contributed by atoms with Crippen LogP contribution in [-0.2, 0) is 19.5 Å². The van der Waals surface area contributed by atoms with Gasteiger partial charge in [-0.2, -0.15) is 0 Å². The van der Waals surface area contributed by atoms with E-state index in [9.17, 15) is 0 Å². The molecule has 2 heterocycles. The molecule has 0 amide bonds. The summed E-state index contributed by atoms with van der Waals surface area (Å²) in [6.07, 6.45) is 3.73. The topological polar surface area (TPSA) is 28.2 Å². The molecule has 0 fully saturated rings. The summed E-state index contributed by atoms with van der Waals surface area (Å²) >= 11 is 0. The van der Waals surface area contributed by atoms with E-state index < -0.39 is 0 Å². The number of nitrogens with one attached hydrogen (secondary N) is 1. The molecule has 3 heteroatoms. The van der Waals surface area contributed by atoms with E-state index in [0.29, 0.717) is 0 Å².